The first-order chi connectivity index (χ1) is 14.2. The van der Waals surface area contributed by atoms with Gasteiger partial charge in [-0.2, -0.15) is 0 Å². The molecule has 160 valence electrons. The molecule has 0 radical (unpaired) electrons. The van der Waals surface area contributed by atoms with E-state index in [4.69, 9.17) is 9.47 Å². The van der Waals surface area contributed by atoms with Gasteiger partial charge in [0.2, 0.25) is 11.8 Å². The molecule has 2 aliphatic rings. The molecule has 1 aromatic carbocycles. The Balaban J connectivity index is 1.36. The Morgan fingerprint density at radius 1 is 1.28 bits per heavy atom. The van der Waals surface area contributed by atoms with Crippen molar-refractivity contribution in [3.8, 4) is 5.75 Å². The molecule has 0 aromatic heterocycles. The fourth-order valence-corrected chi connectivity index (χ4v) is 3.81. The Morgan fingerprint density at radius 2 is 2.17 bits per heavy atom. The molecule has 1 unspecified atom stereocenters. The summed E-state index contributed by atoms with van der Waals surface area (Å²) >= 11 is 0. The fourth-order valence-electron chi connectivity index (χ4n) is 3.81. The van der Waals surface area contributed by atoms with Gasteiger partial charge in [0, 0.05) is 38.2 Å². The molecule has 1 atom stereocenters. The maximum atomic E-state index is 12.5. The van der Waals surface area contributed by atoms with Crippen molar-refractivity contribution in [2.45, 2.75) is 57.5 Å². The van der Waals surface area contributed by atoms with Gasteiger partial charge in [0.1, 0.15) is 5.75 Å². The zero-order valence-electron chi connectivity index (χ0n) is 17.0. The molecule has 2 N–H and O–H groups in total. The number of nitrogens with one attached hydrogen (secondary N) is 1. The van der Waals surface area contributed by atoms with Crippen molar-refractivity contribution in [2.24, 2.45) is 0 Å². The monoisotopic (exact) mass is 404 g/mol. The van der Waals surface area contributed by atoms with E-state index in [1.807, 2.05) is 18.2 Å². The summed E-state index contributed by atoms with van der Waals surface area (Å²) in [6.45, 7) is 2.21. The van der Waals surface area contributed by atoms with Gasteiger partial charge in [-0.15, -0.1) is 0 Å². The first-order valence-corrected chi connectivity index (χ1v) is 10.7. The van der Waals surface area contributed by atoms with Crippen LogP contribution in [0.3, 0.4) is 0 Å². The number of anilines is 1. The third-order valence-electron chi connectivity index (χ3n) is 5.45. The lowest BCUT2D eigenvalue weighted by Crippen LogP contribution is -2.41. The van der Waals surface area contributed by atoms with Crippen LogP contribution in [-0.2, 0) is 20.7 Å². The third kappa shape index (κ3) is 6.72. The summed E-state index contributed by atoms with van der Waals surface area (Å²) in [7, 11) is 0. The van der Waals surface area contributed by atoms with Crippen LogP contribution in [0.1, 0.15) is 50.5 Å². The van der Waals surface area contributed by atoms with E-state index in [2.05, 4.69) is 5.32 Å². The highest BCUT2D eigenvalue weighted by atomic mass is 16.5. The number of carbonyl (C=O) groups excluding carboxylic acids is 2. The predicted molar refractivity (Wildman–Crippen MR) is 110 cm³/mol. The molecule has 1 saturated heterocycles. The number of aliphatic hydroxyl groups excluding tert-OH is 1. The molecular formula is C22H32N2O5. The van der Waals surface area contributed by atoms with Gasteiger partial charge in [-0.3, -0.25) is 9.59 Å². The van der Waals surface area contributed by atoms with E-state index < -0.39 is 0 Å². The minimum Gasteiger partial charge on any atom is -0.494 e. The molecule has 0 bridgehead atoms. The Labute approximate surface area is 172 Å². The third-order valence-corrected chi connectivity index (χ3v) is 5.45. The number of benzene rings is 1. The zero-order valence-corrected chi connectivity index (χ0v) is 17.0. The fraction of sp³-hybridized carbons (Fsp3) is 0.636. The number of fused-ring (bicyclic) bond motifs is 1. The summed E-state index contributed by atoms with van der Waals surface area (Å²) in [6.07, 6.45) is 6.52. The van der Waals surface area contributed by atoms with E-state index in [1.54, 1.807) is 4.90 Å². The number of nitrogens with zero attached hydrogens (tertiary/aromatic N) is 1. The topological polar surface area (TPSA) is 88.1 Å². The molecule has 0 saturated carbocycles. The van der Waals surface area contributed by atoms with Crippen molar-refractivity contribution in [2.75, 3.05) is 38.2 Å². The van der Waals surface area contributed by atoms with Crippen LogP contribution in [0.2, 0.25) is 0 Å². The van der Waals surface area contributed by atoms with Gasteiger partial charge in [-0.25, -0.2) is 0 Å². The van der Waals surface area contributed by atoms with Gasteiger partial charge in [-0.1, -0.05) is 0 Å². The number of hydrogen-bond acceptors (Lipinski definition) is 5. The minimum atomic E-state index is -0.0274. The van der Waals surface area contributed by atoms with Crippen LogP contribution in [0, 0.1) is 0 Å². The first kappa shape index (κ1) is 21.6. The standard InChI is InChI=1S/C22H32N2O5/c25-12-11-24(16-19-5-1-3-14-29-19)22(27)6-2-4-13-28-18-8-9-20-17(15-18)7-10-21(26)23-20/h8-9,15,19,25H,1-7,10-14,16H2,(H,23,26). The van der Waals surface area contributed by atoms with E-state index >= 15 is 0 Å². The van der Waals surface area contributed by atoms with Crippen LogP contribution < -0.4 is 10.1 Å². The van der Waals surface area contributed by atoms with Crippen molar-refractivity contribution in [1.82, 2.24) is 4.90 Å². The summed E-state index contributed by atoms with van der Waals surface area (Å²) < 4.78 is 11.5. The quantitative estimate of drug-likeness (QED) is 0.585. The normalized spacial score (nSPS) is 18.7. The molecule has 0 aliphatic carbocycles. The summed E-state index contributed by atoms with van der Waals surface area (Å²) in [5, 5.41) is 12.1. The second kappa shape index (κ2) is 11.2. The van der Waals surface area contributed by atoms with Crippen LogP contribution in [-0.4, -0.2) is 60.8 Å². The SMILES string of the molecule is O=C1CCc2cc(OCCCCC(=O)N(CCO)CC3CCCCO3)ccc2N1. The number of amides is 2. The number of hydrogen-bond donors (Lipinski definition) is 2. The smallest absolute Gasteiger partial charge is 0.224 e. The molecule has 7 nitrogen and oxygen atoms in total. The predicted octanol–water partition coefficient (Wildman–Crippen LogP) is 2.51. The summed E-state index contributed by atoms with van der Waals surface area (Å²) in [4.78, 5) is 25.7. The van der Waals surface area contributed by atoms with Gasteiger partial charge in [0.05, 0.1) is 19.3 Å². The zero-order chi connectivity index (χ0) is 20.5. The van der Waals surface area contributed by atoms with Crippen molar-refractivity contribution >= 4 is 17.5 Å². The number of aliphatic hydroxyl groups is 1. The summed E-state index contributed by atoms with van der Waals surface area (Å²) in [5.41, 5.74) is 1.96. The molecule has 2 amide bonds. The lowest BCUT2D eigenvalue weighted by molar-refractivity contribution is -0.134. The van der Waals surface area contributed by atoms with E-state index in [0.29, 0.717) is 32.5 Å². The van der Waals surface area contributed by atoms with Crippen molar-refractivity contribution in [1.29, 1.82) is 0 Å². The Bertz CT molecular complexity index is 688. The molecule has 29 heavy (non-hydrogen) atoms. The van der Waals surface area contributed by atoms with Gasteiger partial charge in [-0.05, 0) is 62.3 Å². The Kier molecular flexibility index (Phi) is 8.31. The summed E-state index contributed by atoms with van der Waals surface area (Å²) in [5.74, 6) is 0.918. The van der Waals surface area contributed by atoms with Gasteiger partial charge < -0.3 is 24.8 Å². The molecule has 1 fully saturated rings. The molecule has 1 aromatic rings. The lowest BCUT2D eigenvalue weighted by atomic mass is 10.0. The maximum Gasteiger partial charge on any atom is 0.224 e. The Morgan fingerprint density at radius 3 is 2.97 bits per heavy atom. The molecule has 2 heterocycles. The Hall–Kier alpha value is -2.12. The van der Waals surface area contributed by atoms with Crippen molar-refractivity contribution in [3.63, 3.8) is 0 Å². The molecule has 2 aliphatic heterocycles. The van der Waals surface area contributed by atoms with Crippen molar-refractivity contribution < 1.29 is 24.2 Å². The van der Waals surface area contributed by atoms with Crippen molar-refractivity contribution in [3.05, 3.63) is 23.8 Å². The second-order valence-electron chi connectivity index (χ2n) is 7.72. The van der Waals surface area contributed by atoms with E-state index in [0.717, 1.165) is 62.1 Å². The molecule has 0 spiro atoms. The second-order valence-corrected chi connectivity index (χ2v) is 7.72. The number of rotatable bonds is 10. The number of unbranched alkanes of at least 4 members (excludes halogenated alkanes) is 1. The van der Waals surface area contributed by atoms with Crippen LogP contribution in [0.25, 0.3) is 0 Å². The van der Waals surface area contributed by atoms with Crippen LogP contribution >= 0.6 is 0 Å². The average Bonchev–Trinajstić information content (AvgIpc) is 2.74. The first-order valence-electron chi connectivity index (χ1n) is 10.7. The van der Waals surface area contributed by atoms with E-state index in [-0.39, 0.29) is 24.5 Å². The van der Waals surface area contributed by atoms with Crippen LogP contribution in [0.15, 0.2) is 18.2 Å². The van der Waals surface area contributed by atoms with E-state index in [9.17, 15) is 14.7 Å². The van der Waals surface area contributed by atoms with Gasteiger partial charge in [0.25, 0.3) is 0 Å². The molecular weight excluding hydrogens is 372 g/mol. The highest BCUT2D eigenvalue weighted by molar-refractivity contribution is 5.94. The largest absolute Gasteiger partial charge is 0.494 e. The molecule has 3 rings (SSSR count). The highest BCUT2D eigenvalue weighted by Gasteiger charge is 2.21. The highest BCUT2D eigenvalue weighted by Crippen LogP contribution is 2.27. The van der Waals surface area contributed by atoms with Crippen LogP contribution in [0.5, 0.6) is 5.75 Å². The average molecular weight is 405 g/mol. The number of aryl methyl sites for hydroxylation is 1. The molecule has 7 heteroatoms. The van der Waals surface area contributed by atoms with Crippen LogP contribution in [0.4, 0.5) is 5.69 Å². The van der Waals surface area contributed by atoms with Gasteiger partial charge >= 0.3 is 0 Å². The number of ether oxygens (including phenoxy) is 2. The van der Waals surface area contributed by atoms with Gasteiger partial charge in [0.15, 0.2) is 0 Å². The summed E-state index contributed by atoms with van der Waals surface area (Å²) in [6, 6.07) is 5.72. The minimum absolute atomic E-state index is 0.0274. The maximum absolute atomic E-state index is 12.5. The lowest BCUT2D eigenvalue weighted by Gasteiger charge is -2.29. The van der Waals surface area contributed by atoms with E-state index in [1.165, 1.54) is 0 Å². The number of carbonyl (C=O) groups is 2.